The van der Waals surface area contributed by atoms with E-state index in [0.29, 0.717) is 24.8 Å². The number of carbonyl (C=O) groups excluding carboxylic acids is 1. The fraction of sp³-hybridized carbons (Fsp3) is 0.900. The van der Waals surface area contributed by atoms with Gasteiger partial charge in [-0.2, -0.15) is 11.8 Å². The molecule has 1 heterocycles. The standard InChI is InChI=1S/C10H20N2OS/c1-2-14-6-4-10(13)12-5-3-9(7-11)8-12/h9H,2-8,11H2,1H3. The lowest BCUT2D eigenvalue weighted by atomic mass is 10.1. The van der Waals surface area contributed by atoms with Crippen LogP contribution in [-0.2, 0) is 4.79 Å². The van der Waals surface area contributed by atoms with Crippen molar-refractivity contribution in [2.24, 2.45) is 11.7 Å². The first-order chi connectivity index (χ1) is 6.77. The predicted octanol–water partition coefficient (Wildman–Crippen LogP) is 0.937. The summed E-state index contributed by atoms with van der Waals surface area (Å²) in [5.74, 6) is 2.90. The minimum atomic E-state index is 0.307. The number of rotatable bonds is 5. The molecule has 1 aliphatic rings. The minimum absolute atomic E-state index is 0.307. The number of nitrogens with two attached hydrogens (primary N) is 1. The molecule has 2 N–H and O–H groups in total. The van der Waals surface area contributed by atoms with Gasteiger partial charge in [-0.25, -0.2) is 0 Å². The normalized spacial score (nSPS) is 21.6. The van der Waals surface area contributed by atoms with E-state index in [1.807, 2.05) is 16.7 Å². The Balaban J connectivity index is 2.18. The van der Waals surface area contributed by atoms with E-state index >= 15 is 0 Å². The first-order valence-electron chi connectivity index (χ1n) is 5.33. The van der Waals surface area contributed by atoms with Crippen molar-refractivity contribution in [3.63, 3.8) is 0 Å². The lowest BCUT2D eigenvalue weighted by Crippen LogP contribution is -2.30. The zero-order valence-corrected chi connectivity index (χ0v) is 9.68. The summed E-state index contributed by atoms with van der Waals surface area (Å²) in [6, 6.07) is 0. The third kappa shape index (κ3) is 3.50. The average Bonchev–Trinajstić information content (AvgIpc) is 2.66. The minimum Gasteiger partial charge on any atom is -0.342 e. The molecule has 3 nitrogen and oxygen atoms in total. The van der Waals surface area contributed by atoms with Gasteiger partial charge in [-0.1, -0.05) is 6.92 Å². The van der Waals surface area contributed by atoms with Gasteiger partial charge in [0.05, 0.1) is 0 Å². The Bertz CT molecular complexity index is 187. The molecule has 1 fully saturated rings. The van der Waals surface area contributed by atoms with E-state index in [9.17, 15) is 4.79 Å². The molecule has 0 aromatic carbocycles. The summed E-state index contributed by atoms with van der Waals surface area (Å²) in [5.41, 5.74) is 5.58. The summed E-state index contributed by atoms with van der Waals surface area (Å²) in [7, 11) is 0. The molecule has 1 rings (SSSR count). The second-order valence-electron chi connectivity index (χ2n) is 3.68. The van der Waals surface area contributed by atoms with Gasteiger partial charge in [-0.3, -0.25) is 4.79 Å². The van der Waals surface area contributed by atoms with Gasteiger partial charge in [0, 0.05) is 25.3 Å². The predicted molar refractivity (Wildman–Crippen MR) is 61.4 cm³/mol. The van der Waals surface area contributed by atoms with Gasteiger partial charge in [0.25, 0.3) is 0 Å². The first kappa shape index (κ1) is 11.9. The summed E-state index contributed by atoms with van der Waals surface area (Å²) in [6.45, 7) is 4.63. The molecule has 1 aliphatic heterocycles. The van der Waals surface area contributed by atoms with Crippen molar-refractivity contribution in [2.45, 2.75) is 19.8 Å². The molecule has 14 heavy (non-hydrogen) atoms. The van der Waals surface area contributed by atoms with Crippen LogP contribution in [0, 0.1) is 5.92 Å². The van der Waals surface area contributed by atoms with Crippen molar-refractivity contribution >= 4 is 17.7 Å². The maximum atomic E-state index is 11.7. The maximum Gasteiger partial charge on any atom is 0.223 e. The molecular weight excluding hydrogens is 196 g/mol. The quantitative estimate of drug-likeness (QED) is 0.696. The number of hydrogen-bond acceptors (Lipinski definition) is 3. The van der Waals surface area contributed by atoms with E-state index in [-0.39, 0.29) is 0 Å². The van der Waals surface area contributed by atoms with Crippen LogP contribution >= 0.6 is 11.8 Å². The molecule has 4 heteroatoms. The molecule has 0 aromatic heterocycles. The highest BCUT2D eigenvalue weighted by Gasteiger charge is 2.24. The molecular formula is C10H20N2OS. The Morgan fingerprint density at radius 2 is 2.43 bits per heavy atom. The second-order valence-corrected chi connectivity index (χ2v) is 5.07. The summed E-state index contributed by atoms with van der Waals surface area (Å²) in [5, 5.41) is 0. The molecule has 82 valence electrons. The highest BCUT2D eigenvalue weighted by Crippen LogP contribution is 2.16. The Morgan fingerprint density at radius 1 is 1.64 bits per heavy atom. The topological polar surface area (TPSA) is 46.3 Å². The van der Waals surface area contributed by atoms with Gasteiger partial charge >= 0.3 is 0 Å². The lowest BCUT2D eigenvalue weighted by molar-refractivity contribution is -0.129. The van der Waals surface area contributed by atoms with Crippen LogP contribution in [0.15, 0.2) is 0 Å². The number of amides is 1. The van der Waals surface area contributed by atoms with Gasteiger partial charge in [0.1, 0.15) is 0 Å². The molecule has 0 aromatic rings. The molecule has 0 saturated carbocycles. The Labute approximate surface area is 90.4 Å². The highest BCUT2D eigenvalue weighted by molar-refractivity contribution is 7.99. The van der Waals surface area contributed by atoms with Gasteiger partial charge in [-0.15, -0.1) is 0 Å². The molecule has 1 amide bonds. The second kappa shape index (κ2) is 6.30. The molecule has 0 radical (unpaired) electrons. The average molecular weight is 216 g/mol. The van der Waals surface area contributed by atoms with Crippen molar-refractivity contribution in [1.82, 2.24) is 4.90 Å². The van der Waals surface area contributed by atoms with Gasteiger partial charge < -0.3 is 10.6 Å². The molecule has 1 saturated heterocycles. The van der Waals surface area contributed by atoms with Crippen LogP contribution < -0.4 is 5.73 Å². The van der Waals surface area contributed by atoms with E-state index in [4.69, 9.17) is 5.73 Å². The van der Waals surface area contributed by atoms with Crippen LogP contribution in [0.3, 0.4) is 0 Å². The first-order valence-corrected chi connectivity index (χ1v) is 6.49. The molecule has 1 unspecified atom stereocenters. The number of carbonyl (C=O) groups is 1. The highest BCUT2D eigenvalue weighted by atomic mass is 32.2. The van der Waals surface area contributed by atoms with Crippen LogP contribution in [0.5, 0.6) is 0 Å². The summed E-state index contributed by atoms with van der Waals surface area (Å²) in [4.78, 5) is 13.6. The fourth-order valence-corrected chi connectivity index (χ4v) is 2.32. The monoisotopic (exact) mass is 216 g/mol. The van der Waals surface area contributed by atoms with Crippen LogP contribution in [0.1, 0.15) is 19.8 Å². The van der Waals surface area contributed by atoms with Crippen LogP contribution in [-0.4, -0.2) is 41.9 Å². The van der Waals surface area contributed by atoms with E-state index in [1.54, 1.807) is 0 Å². The Hall–Kier alpha value is -0.220. The van der Waals surface area contributed by atoms with Crippen molar-refractivity contribution in [1.29, 1.82) is 0 Å². The summed E-state index contributed by atoms with van der Waals surface area (Å²) >= 11 is 1.83. The van der Waals surface area contributed by atoms with E-state index in [2.05, 4.69) is 6.92 Å². The van der Waals surface area contributed by atoms with E-state index in [1.165, 1.54) is 0 Å². The van der Waals surface area contributed by atoms with E-state index in [0.717, 1.165) is 31.0 Å². The van der Waals surface area contributed by atoms with E-state index < -0.39 is 0 Å². The van der Waals surface area contributed by atoms with Crippen molar-refractivity contribution in [2.75, 3.05) is 31.1 Å². The molecule has 1 atom stereocenters. The zero-order valence-electron chi connectivity index (χ0n) is 8.87. The SMILES string of the molecule is CCSCCC(=O)N1CCC(CN)C1. The maximum absolute atomic E-state index is 11.7. The number of thioether (sulfide) groups is 1. The summed E-state index contributed by atoms with van der Waals surface area (Å²) < 4.78 is 0. The fourth-order valence-electron chi connectivity index (χ4n) is 1.71. The lowest BCUT2D eigenvalue weighted by Gasteiger charge is -2.15. The van der Waals surface area contributed by atoms with Crippen LogP contribution in [0.4, 0.5) is 0 Å². The van der Waals surface area contributed by atoms with Gasteiger partial charge in [0.2, 0.25) is 5.91 Å². The number of nitrogens with zero attached hydrogens (tertiary/aromatic N) is 1. The molecule has 0 aliphatic carbocycles. The Morgan fingerprint density at radius 3 is 3.00 bits per heavy atom. The third-order valence-corrected chi connectivity index (χ3v) is 3.54. The van der Waals surface area contributed by atoms with Crippen LogP contribution in [0.2, 0.25) is 0 Å². The molecule has 0 bridgehead atoms. The zero-order chi connectivity index (χ0) is 10.4. The summed E-state index contributed by atoms with van der Waals surface area (Å²) in [6.07, 6.45) is 1.78. The van der Waals surface area contributed by atoms with Crippen molar-refractivity contribution < 1.29 is 4.79 Å². The number of hydrogen-bond donors (Lipinski definition) is 1. The van der Waals surface area contributed by atoms with Gasteiger partial charge in [0.15, 0.2) is 0 Å². The smallest absolute Gasteiger partial charge is 0.223 e. The third-order valence-electron chi connectivity index (χ3n) is 2.64. The largest absolute Gasteiger partial charge is 0.342 e. The molecule has 0 spiro atoms. The van der Waals surface area contributed by atoms with Crippen molar-refractivity contribution in [3.8, 4) is 0 Å². The van der Waals surface area contributed by atoms with Gasteiger partial charge in [-0.05, 0) is 24.6 Å². The Kier molecular flexibility index (Phi) is 5.33. The van der Waals surface area contributed by atoms with Crippen molar-refractivity contribution in [3.05, 3.63) is 0 Å². The van der Waals surface area contributed by atoms with Crippen LogP contribution in [0.25, 0.3) is 0 Å². The number of likely N-dealkylation sites (tertiary alicyclic amines) is 1.